The van der Waals surface area contributed by atoms with Crippen LogP contribution in [0.15, 0.2) is 91.5 Å². The molecular weight excluding hydrogens is 574 g/mol. The zero-order chi connectivity index (χ0) is 30.2. The van der Waals surface area contributed by atoms with Crippen molar-refractivity contribution in [3.05, 3.63) is 96.5 Å². The molecule has 4 aromatic rings. The lowest BCUT2D eigenvalue weighted by Gasteiger charge is -2.43. The fourth-order valence-electron chi connectivity index (χ4n) is 6.50. The highest BCUT2D eigenvalue weighted by Gasteiger charge is 2.40. The van der Waals surface area contributed by atoms with Gasteiger partial charge >= 0.3 is 0 Å². The largest absolute Gasteiger partial charge is 0.477 e. The maximum atomic E-state index is 13.9. The Bertz CT molecular complexity index is 1730. The lowest BCUT2D eigenvalue weighted by atomic mass is 9.95. The Hall–Kier alpha value is -4.33. The minimum atomic E-state index is -0.620. The lowest BCUT2D eigenvalue weighted by Crippen LogP contribution is -2.57. The van der Waals surface area contributed by atoms with Crippen LogP contribution in [0.4, 0.5) is 5.69 Å². The minimum Gasteiger partial charge on any atom is -0.477 e. The summed E-state index contributed by atoms with van der Waals surface area (Å²) in [4.78, 5) is 31.8. The first-order valence-corrected chi connectivity index (χ1v) is 15.6. The number of likely N-dealkylation sites (tertiary alicyclic amines) is 2. The Labute approximate surface area is 262 Å². The van der Waals surface area contributed by atoms with Crippen LogP contribution in [-0.2, 0) is 9.59 Å². The Morgan fingerprint density at radius 2 is 1.68 bits per heavy atom. The van der Waals surface area contributed by atoms with Crippen LogP contribution < -0.4 is 14.4 Å². The predicted octanol–water partition coefficient (Wildman–Crippen LogP) is 6.79. The van der Waals surface area contributed by atoms with Gasteiger partial charge in [-0.1, -0.05) is 60.6 Å². The summed E-state index contributed by atoms with van der Waals surface area (Å²) < 4.78 is 12.8. The van der Waals surface area contributed by atoms with Crippen molar-refractivity contribution >= 4 is 39.9 Å². The molecule has 2 fully saturated rings. The summed E-state index contributed by atoms with van der Waals surface area (Å²) in [5.41, 5.74) is 2.39. The standard InChI is InChI=1S/C36H34ClN3O4/c1-2-35(41)39-20-24(21-39)22-40-32-19-31(37)30(18-33(32)44-34(36(40)42)23-38-14-8-9-15-38)29-17-27(43-26-11-4-3-5-12-26)16-25-10-6-7-13-28(25)29/h2-7,10-13,16-19,24,34H,1,8-9,14-15,20-23H2. The van der Waals surface area contributed by atoms with Gasteiger partial charge in [-0.05, 0) is 84.7 Å². The van der Waals surface area contributed by atoms with Gasteiger partial charge in [-0.3, -0.25) is 14.5 Å². The molecule has 3 heterocycles. The van der Waals surface area contributed by atoms with Gasteiger partial charge in [0, 0.05) is 37.7 Å². The van der Waals surface area contributed by atoms with Crippen molar-refractivity contribution in [3.8, 4) is 28.4 Å². The van der Waals surface area contributed by atoms with Gasteiger partial charge < -0.3 is 19.3 Å². The molecule has 4 aromatic carbocycles. The molecule has 0 bridgehead atoms. The van der Waals surface area contributed by atoms with E-state index in [1.54, 1.807) is 4.90 Å². The molecule has 7 rings (SSSR count). The first-order chi connectivity index (χ1) is 21.5. The molecule has 0 aliphatic carbocycles. The number of ether oxygens (including phenoxy) is 2. The van der Waals surface area contributed by atoms with Crippen LogP contribution in [0.2, 0.25) is 5.02 Å². The molecule has 0 radical (unpaired) electrons. The fraction of sp³-hybridized carbons (Fsp3) is 0.278. The second kappa shape index (κ2) is 12.0. The van der Waals surface area contributed by atoms with Gasteiger partial charge in [0.15, 0.2) is 6.10 Å². The van der Waals surface area contributed by atoms with Crippen molar-refractivity contribution in [2.45, 2.75) is 18.9 Å². The number of amides is 2. The fourth-order valence-corrected chi connectivity index (χ4v) is 6.76. The highest BCUT2D eigenvalue weighted by Crippen LogP contribution is 2.45. The Balaban J connectivity index is 1.27. The number of halogens is 1. The van der Waals surface area contributed by atoms with Crippen molar-refractivity contribution < 1.29 is 19.1 Å². The zero-order valence-electron chi connectivity index (χ0n) is 24.5. The maximum Gasteiger partial charge on any atom is 0.269 e. The van der Waals surface area contributed by atoms with Crippen LogP contribution in [0.5, 0.6) is 17.2 Å². The summed E-state index contributed by atoms with van der Waals surface area (Å²) in [6.45, 7) is 7.74. The maximum absolute atomic E-state index is 13.9. The van der Waals surface area contributed by atoms with Gasteiger partial charge in [0.2, 0.25) is 5.91 Å². The average Bonchev–Trinajstić information content (AvgIpc) is 3.53. The van der Waals surface area contributed by atoms with Crippen molar-refractivity contribution in [1.29, 1.82) is 0 Å². The molecule has 1 unspecified atom stereocenters. The number of hydrogen-bond donors (Lipinski definition) is 0. The highest BCUT2D eigenvalue weighted by molar-refractivity contribution is 6.34. The third-order valence-corrected chi connectivity index (χ3v) is 9.07. The van der Waals surface area contributed by atoms with E-state index in [0.29, 0.717) is 48.4 Å². The molecule has 2 saturated heterocycles. The average molecular weight is 608 g/mol. The lowest BCUT2D eigenvalue weighted by molar-refractivity contribution is -0.132. The van der Waals surface area contributed by atoms with Crippen LogP contribution in [0.25, 0.3) is 21.9 Å². The van der Waals surface area contributed by atoms with E-state index in [0.717, 1.165) is 53.6 Å². The Kier molecular flexibility index (Phi) is 7.75. The molecule has 0 saturated carbocycles. The van der Waals surface area contributed by atoms with E-state index >= 15 is 0 Å². The Morgan fingerprint density at radius 1 is 0.932 bits per heavy atom. The summed E-state index contributed by atoms with van der Waals surface area (Å²) >= 11 is 7.06. The first kappa shape index (κ1) is 28.4. The molecule has 0 spiro atoms. The number of fused-ring (bicyclic) bond motifs is 2. The zero-order valence-corrected chi connectivity index (χ0v) is 25.2. The summed E-state index contributed by atoms with van der Waals surface area (Å²) in [5.74, 6) is 2.09. The Morgan fingerprint density at radius 3 is 2.45 bits per heavy atom. The predicted molar refractivity (Wildman–Crippen MR) is 174 cm³/mol. The van der Waals surface area contributed by atoms with E-state index in [4.69, 9.17) is 21.1 Å². The molecule has 3 aliphatic rings. The number of carbonyl (C=O) groups excluding carboxylic acids is 2. The number of carbonyl (C=O) groups is 2. The smallest absolute Gasteiger partial charge is 0.269 e. The van der Waals surface area contributed by atoms with Gasteiger partial charge in [-0.15, -0.1) is 0 Å². The first-order valence-electron chi connectivity index (χ1n) is 15.2. The van der Waals surface area contributed by atoms with Crippen LogP contribution >= 0.6 is 11.6 Å². The molecule has 1 atom stereocenters. The van der Waals surface area contributed by atoms with E-state index < -0.39 is 6.10 Å². The second-order valence-corrected chi connectivity index (χ2v) is 12.2. The SMILES string of the molecule is C=CC(=O)N1CC(CN2C(=O)C(CN3CCCC3)Oc3cc(-c4cc(Oc5ccccc5)cc5ccccc45)c(Cl)cc32)C1. The van der Waals surface area contributed by atoms with Crippen LogP contribution in [-0.4, -0.2) is 67.0 Å². The molecule has 8 heteroatoms. The number of hydrogen-bond acceptors (Lipinski definition) is 5. The van der Waals surface area contributed by atoms with Crippen LogP contribution in [0.1, 0.15) is 12.8 Å². The number of anilines is 1. The van der Waals surface area contributed by atoms with E-state index in [2.05, 4.69) is 23.6 Å². The van der Waals surface area contributed by atoms with Gasteiger partial charge in [-0.25, -0.2) is 0 Å². The number of rotatable bonds is 8. The molecule has 3 aliphatic heterocycles. The minimum absolute atomic E-state index is 0.0644. The van der Waals surface area contributed by atoms with E-state index in [1.165, 1.54) is 6.08 Å². The van der Waals surface area contributed by atoms with E-state index in [1.807, 2.05) is 71.6 Å². The third kappa shape index (κ3) is 5.53. The molecule has 224 valence electrons. The number of para-hydroxylation sites is 1. The summed E-state index contributed by atoms with van der Waals surface area (Å²) in [6.07, 6.45) is 2.97. The number of nitrogens with zero attached hydrogens (tertiary/aromatic N) is 3. The van der Waals surface area contributed by atoms with Crippen molar-refractivity contribution in [3.63, 3.8) is 0 Å². The summed E-state index contributed by atoms with van der Waals surface area (Å²) in [5, 5.41) is 2.58. The third-order valence-electron chi connectivity index (χ3n) is 8.76. The van der Waals surface area contributed by atoms with E-state index in [9.17, 15) is 9.59 Å². The molecular formula is C36H34ClN3O4. The molecule has 7 nitrogen and oxygen atoms in total. The topological polar surface area (TPSA) is 62.3 Å². The van der Waals surface area contributed by atoms with E-state index in [-0.39, 0.29) is 17.7 Å². The second-order valence-electron chi connectivity index (χ2n) is 11.8. The van der Waals surface area contributed by atoms with Gasteiger partial charge in [0.05, 0.1) is 10.7 Å². The quantitative estimate of drug-likeness (QED) is 0.207. The highest BCUT2D eigenvalue weighted by atomic mass is 35.5. The summed E-state index contributed by atoms with van der Waals surface area (Å²) in [7, 11) is 0. The molecule has 0 N–H and O–H groups in total. The van der Waals surface area contributed by atoms with Gasteiger partial charge in [0.25, 0.3) is 5.91 Å². The molecule has 44 heavy (non-hydrogen) atoms. The number of benzene rings is 4. The monoisotopic (exact) mass is 607 g/mol. The van der Waals surface area contributed by atoms with Crippen molar-refractivity contribution in [2.24, 2.45) is 5.92 Å². The van der Waals surface area contributed by atoms with Crippen LogP contribution in [0, 0.1) is 5.92 Å². The van der Waals surface area contributed by atoms with Gasteiger partial charge in [0.1, 0.15) is 17.2 Å². The molecule has 0 aromatic heterocycles. The van der Waals surface area contributed by atoms with Crippen LogP contribution in [0.3, 0.4) is 0 Å². The van der Waals surface area contributed by atoms with Crippen molar-refractivity contribution in [2.75, 3.05) is 44.2 Å². The molecule has 2 amide bonds. The van der Waals surface area contributed by atoms with Crippen molar-refractivity contribution in [1.82, 2.24) is 9.80 Å². The summed E-state index contributed by atoms with van der Waals surface area (Å²) in [6, 6.07) is 25.7. The normalized spacial score (nSPS) is 18.6. The van der Waals surface area contributed by atoms with Gasteiger partial charge in [-0.2, -0.15) is 0 Å².